The quantitative estimate of drug-likeness (QED) is 0.690. The van der Waals surface area contributed by atoms with Crippen molar-refractivity contribution in [2.24, 2.45) is 0 Å². The summed E-state index contributed by atoms with van der Waals surface area (Å²) in [5.41, 5.74) is 1.04. The Morgan fingerprint density at radius 1 is 0.720 bits per heavy atom. The molecule has 3 aromatic rings. The molecule has 1 N–H and O–H groups in total. The molecule has 0 aliphatic carbocycles. The van der Waals surface area contributed by atoms with Crippen molar-refractivity contribution in [3.63, 3.8) is 0 Å². The van der Waals surface area contributed by atoms with Crippen molar-refractivity contribution in [2.75, 3.05) is 0 Å². The van der Waals surface area contributed by atoms with Crippen molar-refractivity contribution in [3.05, 3.63) is 102 Å². The van der Waals surface area contributed by atoms with Crippen LogP contribution in [0.2, 0.25) is 0 Å². The van der Waals surface area contributed by atoms with Crippen molar-refractivity contribution in [3.8, 4) is 0 Å². The summed E-state index contributed by atoms with van der Waals surface area (Å²) >= 11 is 0. The highest BCUT2D eigenvalue weighted by Crippen LogP contribution is 2.21. The molecule has 1 atom stereocenters. The van der Waals surface area contributed by atoms with Crippen LogP contribution in [-0.4, -0.2) is 14.2 Å². The number of carbonyl (C=O) groups excluding carboxylic acids is 1. The first-order valence-electron chi connectivity index (χ1n) is 7.79. The molecule has 0 aliphatic rings. The maximum Gasteiger partial charge on any atom is 0.241 e. The number of Topliss-reactive ketones (excluding diaryl/α,β-unsaturated/α-hetero) is 1. The Kier molecular flexibility index (Phi) is 5.07. The monoisotopic (exact) mass is 351 g/mol. The van der Waals surface area contributed by atoms with Gasteiger partial charge in [0.25, 0.3) is 0 Å². The Morgan fingerprint density at radius 2 is 1.20 bits per heavy atom. The summed E-state index contributed by atoms with van der Waals surface area (Å²) in [6.07, 6.45) is 0. The zero-order chi connectivity index (χ0) is 17.7. The number of nitrogens with one attached hydrogen (secondary N) is 1. The Morgan fingerprint density at radius 3 is 1.76 bits per heavy atom. The second-order valence-corrected chi connectivity index (χ2v) is 7.22. The third-order valence-corrected chi connectivity index (χ3v) is 5.22. The lowest BCUT2D eigenvalue weighted by atomic mass is 9.98. The van der Waals surface area contributed by atoms with Crippen LogP contribution in [0.3, 0.4) is 0 Å². The van der Waals surface area contributed by atoms with E-state index in [1.165, 1.54) is 12.1 Å². The highest BCUT2D eigenvalue weighted by Gasteiger charge is 2.27. The van der Waals surface area contributed by atoms with Crippen LogP contribution in [-0.2, 0) is 10.0 Å². The van der Waals surface area contributed by atoms with Crippen LogP contribution in [0.1, 0.15) is 22.0 Å². The first-order chi connectivity index (χ1) is 12.1. The van der Waals surface area contributed by atoms with Gasteiger partial charge in [0, 0.05) is 5.56 Å². The third-order valence-electron chi connectivity index (χ3n) is 3.78. The van der Waals surface area contributed by atoms with E-state index in [1.807, 2.05) is 12.1 Å². The predicted molar refractivity (Wildman–Crippen MR) is 96.7 cm³/mol. The molecule has 0 fully saturated rings. The van der Waals surface area contributed by atoms with Crippen molar-refractivity contribution >= 4 is 15.8 Å². The Balaban J connectivity index is 1.99. The summed E-state index contributed by atoms with van der Waals surface area (Å²) < 4.78 is 27.9. The fraction of sp³-hybridized carbons (Fsp3) is 0.0500. The lowest BCUT2D eigenvalue weighted by Crippen LogP contribution is -2.34. The molecule has 0 saturated heterocycles. The topological polar surface area (TPSA) is 63.2 Å². The number of hydrogen-bond acceptors (Lipinski definition) is 3. The van der Waals surface area contributed by atoms with Gasteiger partial charge in [-0.1, -0.05) is 78.9 Å². The molecule has 0 bridgehead atoms. The third kappa shape index (κ3) is 4.02. The second-order valence-electron chi connectivity index (χ2n) is 5.51. The Hall–Kier alpha value is -2.76. The molecule has 0 heterocycles. The van der Waals surface area contributed by atoms with Crippen LogP contribution >= 0.6 is 0 Å². The van der Waals surface area contributed by atoms with Gasteiger partial charge in [0.05, 0.1) is 4.90 Å². The van der Waals surface area contributed by atoms with E-state index in [4.69, 9.17) is 0 Å². The lowest BCUT2D eigenvalue weighted by Gasteiger charge is -2.18. The SMILES string of the molecule is O=C(c1ccccc1)[C@@H](NS(=O)(=O)c1ccccc1)c1ccccc1. The number of ketones is 1. The largest absolute Gasteiger partial charge is 0.292 e. The van der Waals surface area contributed by atoms with Gasteiger partial charge < -0.3 is 0 Å². The normalized spacial score (nSPS) is 12.5. The number of sulfonamides is 1. The van der Waals surface area contributed by atoms with Gasteiger partial charge in [0.1, 0.15) is 6.04 Å². The number of benzene rings is 3. The average molecular weight is 351 g/mol. The zero-order valence-electron chi connectivity index (χ0n) is 13.4. The fourth-order valence-electron chi connectivity index (χ4n) is 2.51. The minimum atomic E-state index is -3.83. The molecule has 0 unspecified atom stereocenters. The number of carbonyl (C=O) groups is 1. The van der Waals surface area contributed by atoms with Gasteiger partial charge in [0.2, 0.25) is 10.0 Å². The fourth-order valence-corrected chi connectivity index (χ4v) is 3.72. The van der Waals surface area contributed by atoms with Crippen molar-refractivity contribution in [1.82, 2.24) is 4.72 Å². The van der Waals surface area contributed by atoms with Gasteiger partial charge in [-0.3, -0.25) is 4.79 Å². The number of hydrogen-bond donors (Lipinski definition) is 1. The van der Waals surface area contributed by atoms with Gasteiger partial charge in [-0.15, -0.1) is 0 Å². The molecule has 25 heavy (non-hydrogen) atoms. The first kappa shape index (κ1) is 17.1. The van der Waals surface area contributed by atoms with Gasteiger partial charge in [0.15, 0.2) is 5.78 Å². The number of rotatable bonds is 6. The second kappa shape index (κ2) is 7.42. The Labute approximate surface area is 147 Å². The van der Waals surface area contributed by atoms with E-state index >= 15 is 0 Å². The molecule has 126 valence electrons. The van der Waals surface area contributed by atoms with E-state index in [1.54, 1.807) is 66.7 Å². The minimum absolute atomic E-state index is 0.122. The van der Waals surface area contributed by atoms with Crippen LogP contribution in [0.15, 0.2) is 95.9 Å². The molecule has 3 aromatic carbocycles. The molecule has 4 nitrogen and oxygen atoms in total. The molecule has 5 heteroatoms. The molecule has 3 rings (SSSR count). The summed E-state index contributed by atoms with van der Waals surface area (Å²) in [4.78, 5) is 13.0. The van der Waals surface area contributed by atoms with E-state index in [9.17, 15) is 13.2 Å². The molecule has 0 saturated carbocycles. The zero-order valence-corrected chi connectivity index (χ0v) is 14.2. The predicted octanol–water partition coefficient (Wildman–Crippen LogP) is 3.59. The van der Waals surface area contributed by atoms with Gasteiger partial charge in [-0.05, 0) is 17.7 Å². The van der Waals surface area contributed by atoms with Crippen molar-refractivity contribution in [2.45, 2.75) is 10.9 Å². The first-order valence-corrected chi connectivity index (χ1v) is 9.28. The smallest absolute Gasteiger partial charge is 0.241 e. The summed E-state index contributed by atoms with van der Waals surface area (Å²) in [5.74, 6) is -0.300. The van der Waals surface area contributed by atoms with E-state index < -0.39 is 16.1 Å². The highest BCUT2D eigenvalue weighted by molar-refractivity contribution is 7.89. The summed E-state index contributed by atoms with van der Waals surface area (Å²) in [5, 5.41) is 0. The molecule has 0 aliphatic heterocycles. The van der Waals surface area contributed by atoms with Crippen LogP contribution in [0, 0.1) is 0 Å². The van der Waals surface area contributed by atoms with Crippen LogP contribution in [0.4, 0.5) is 0 Å². The standard InChI is InChI=1S/C20H17NO3S/c22-20(17-12-6-2-7-13-17)19(16-10-4-1-5-11-16)21-25(23,24)18-14-8-3-9-15-18/h1-15,19,21H/t19-/m0/s1. The molecule has 0 radical (unpaired) electrons. The van der Waals surface area contributed by atoms with Crippen molar-refractivity contribution < 1.29 is 13.2 Å². The van der Waals surface area contributed by atoms with Gasteiger partial charge in [-0.25, -0.2) is 8.42 Å². The lowest BCUT2D eigenvalue weighted by molar-refractivity contribution is 0.0953. The molecule has 0 spiro atoms. The minimum Gasteiger partial charge on any atom is -0.292 e. The van der Waals surface area contributed by atoms with Crippen LogP contribution in [0.25, 0.3) is 0 Å². The van der Waals surface area contributed by atoms with E-state index in [2.05, 4.69) is 4.72 Å². The molecule has 0 aromatic heterocycles. The summed E-state index contributed by atoms with van der Waals surface area (Å²) in [6, 6.07) is 24.5. The Bertz CT molecular complexity index is 940. The van der Waals surface area contributed by atoms with E-state index in [-0.39, 0.29) is 10.7 Å². The maximum atomic E-state index is 12.9. The van der Waals surface area contributed by atoms with Crippen LogP contribution in [0.5, 0.6) is 0 Å². The van der Waals surface area contributed by atoms with E-state index in [0.717, 1.165) is 0 Å². The average Bonchev–Trinajstić information content (AvgIpc) is 2.68. The summed E-state index contributed by atoms with van der Waals surface area (Å²) in [6.45, 7) is 0. The highest BCUT2D eigenvalue weighted by atomic mass is 32.2. The molecule has 0 amide bonds. The maximum absolute atomic E-state index is 12.9. The van der Waals surface area contributed by atoms with E-state index in [0.29, 0.717) is 11.1 Å². The van der Waals surface area contributed by atoms with Crippen molar-refractivity contribution in [1.29, 1.82) is 0 Å². The van der Waals surface area contributed by atoms with Gasteiger partial charge >= 0.3 is 0 Å². The molecular weight excluding hydrogens is 334 g/mol. The van der Waals surface area contributed by atoms with Gasteiger partial charge in [-0.2, -0.15) is 4.72 Å². The summed E-state index contributed by atoms with van der Waals surface area (Å²) in [7, 11) is -3.83. The molecular formula is C20H17NO3S. The van der Waals surface area contributed by atoms with Crippen LogP contribution < -0.4 is 4.72 Å².